The molecule has 5 rings (SSSR count). The Balaban J connectivity index is 1.43. The molecule has 12 heteroatoms. The minimum atomic E-state index is -3.84. The number of nitrogens with zero attached hydrogens (tertiary/aromatic N) is 5. The van der Waals surface area contributed by atoms with E-state index >= 15 is 0 Å². The molecule has 2 aromatic carbocycles. The van der Waals surface area contributed by atoms with Gasteiger partial charge in [0.25, 0.3) is 15.6 Å². The Kier molecular flexibility index (Phi) is 6.12. The van der Waals surface area contributed by atoms with Gasteiger partial charge in [-0.15, -0.1) is 10.2 Å². The first-order chi connectivity index (χ1) is 17.3. The highest BCUT2D eigenvalue weighted by Gasteiger charge is 2.21. The van der Waals surface area contributed by atoms with Crippen LogP contribution < -0.4 is 15.0 Å². The van der Waals surface area contributed by atoms with E-state index in [2.05, 4.69) is 19.9 Å². The fourth-order valence-corrected chi connectivity index (χ4v) is 5.24. The average Bonchev–Trinajstić information content (AvgIpc) is 3.46. The third-order valence-electron chi connectivity index (χ3n) is 5.33. The second-order valence-electron chi connectivity index (χ2n) is 7.72. The molecule has 0 unspecified atom stereocenters. The number of fused-ring (bicyclic) bond motifs is 1. The van der Waals surface area contributed by atoms with Crippen LogP contribution in [0.1, 0.15) is 5.56 Å². The molecular weight excluding hydrogens is 500 g/mol. The third kappa shape index (κ3) is 4.63. The molecule has 0 bridgehead atoms. The van der Waals surface area contributed by atoms with Crippen LogP contribution in [0.15, 0.2) is 77.2 Å². The molecule has 3 aromatic heterocycles. The summed E-state index contributed by atoms with van der Waals surface area (Å²) in [5.74, 6) is 0.675. The second-order valence-corrected chi connectivity index (χ2v) is 10.3. The SMILES string of the molecule is COc1ccc(C=CS(=O)(=O)Nc2cnc3c(-c4nnc(-c5ccccc5)s4)c(=O)n(C)n3c2)cc1. The van der Waals surface area contributed by atoms with Gasteiger partial charge in [-0.05, 0) is 23.8 Å². The summed E-state index contributed by atoms with van der Waals surface area (Å²) >= 11 is 1.28. The highest BCUT2D eigenvalue weighted by Crippen LogP contribution is 2.30. The zero-order valence-electron chi connectivity index (χ0n) is 19.2. The Morgan fingerprint density at radius 1 is 1.03 bits per heavy atom. The predicted molar refractivity (Wildman–Crippen MR) is 139 cm³/mol. The number of rotatable bonds is 7. The highest BCUT2D eigenvalue weighted by atomic mass is 32.2. The molecule has 0 radical (unpaired) electrons. The summed E-state index contributed by atoms with van der Waals surface area (Å²) in [6, 6.07) is 16.5. The van der Waals surface area contributed by atoms with Gasteiger partial charge >= 0.3 is 0 Å². The van der Waals surface area contributed by atoms with Crippen LogP contribution in [0.2, 0.25) is 0 Å². The van der Waals surface area contributed by atoms with Crippen molar-refractivity contribution >= 4 is 38.8 Å². The number of hydrogen-bond acceptors (Lipinski definition) is 8. The van der Waals surface area contributed by atoms with Crippen LogP contribution in [-0.4, -0.2) is 39.9 Å². The number of nitrogens with one attached hydrogen (secondary N) is 1. The number of sulfonamides is 1. The summed E-state index contributed by atoms with van der Waals surface area (Å²) < 4.78 is 35.6. The van der Waals surface area contributed by atoms with Gasteiger partial charge in [0.2, 0.25) is 0 Å². The van der Waals surface area contributed by atoms with Gasteiger partial charge in [-0.3, -0.25) is 9.52 Å². The van der Waals surface area contributed by atoms with Crippen LogP contribution in [0.25, 0.3) is 32.9 Å². The highest BCUT2D eigenvalue weighted by molar-refractivity contribution is 7.95. The monoisotopic (exact) mass is 520 g/mol. The minimum Gasteiger partial charge on any atom is -0.497 e. The van der Waals surface area contributed by atoms with Crippen molar-refractivity contribution in [2.45, 2.75) is 0 Å². The summed E-state index contributed by atoms with van der Waals surface area (Å²) in [6.07, 6.45) is 4.32. The normalized spacial score (nSPS) is 11.8. The van der Waals surface area contributed by atoms with Crippen LogP contribution in [0, 0.1) is 0 Å². The van der Waals surface area contributed by atoms with Crippen LogP contribution in [0.5, 0.6) is 5.75 Å². The molecule has 1 N–H and O–H groups in total. The lowest BCUT2D eigenvalue weighted by Crippen LogP contribution is -2.16. The van der Waals surface area contributed by atoms with E-state index in [9.17, 15) is 13.2 Å². The van der Waals surface area contributed by atoms with Gasteiger partial charge in [0.15, 0.2) is 10.7 Å². The van der Waals surface area contributed by atoms with Gasteiger partial charge in [-0.25, -0.2) is 22.6 Å². The lowest BCUT2D eigenvalue weighted by molar-refractivity contribution is 0.415. The quantitative estimate of drug-likeness (QED) is 0.348. The fourth-order valence-electron chi connectivity index (χ4n) is 3.52. The van der Waals surface area contributed by atoms with Crippen molar-refractivity contribution in [1.29, 1.82) is 0 Å². The Morgan fingerprint density at radius 3 is 2.47 bits per heavy atom. The third-order valence-corrected chi connectivity index (χ3v) is 7.34. The van der Waals surface area contributed by atoms with Gasteiger partial charge in [0.05, 0.1) is 30.6 Å². The van der Waals surface area contributed by atoms with Crippen LogP contribution in [0.3, 0.4) is 0 Å². The van der Waals surface area contributed by atoms with Crippen molar-refractivity contribution in [2.75, 3.05) is 11.8 Å². The van der Waals surface area contributed by atoms with E-state index in [0.29, 0.717) is 32.5 Å². The maximum absolute atomic E-state index is 13.0. The summed E-state index contributed by atoms with van der Waals surface area (Å²) in [6.45, 7) is 0. The van der Waals surface area contributed by atoms with E-state index in [4.69, 9.17) is 4.74 Å². The number of aromatic nitrogens is 5. The Hall–Kier alpha value is -4.29. The molecule has 10 nitrogen and oxygen atoms in total. The smallest absolute Gasteiger partial charge is 0.279 e. The maximum atomic E-state index is 13.0. The molecule has 182 valence electrons. The van der Waals surface area contributed by atoms with Crippen molar-refractivity contribution in [3.63, 3.8) is 0 Å². The molecular formula is C24H20N6O4S2. The number of ether oxygens (including phenoxy) is 1. The van der Waals surface area contributed by atoms with Gasteiger partial charge in [-0.1, -0.05) is 53.8 Å². The van der Waals surface area contributed by atoms with Crippen molar-refractivity contribution in [1.82, 2.24) is 24.4 Å². The van der Waals surface area contributed by atoms with E-state index in [1.807, 2.05) is 30.3 Å². The first kappa shape index (κ1) is 23.5. The molecule has 0 aliphatic rings. The topological polar surface area (TPSA) is 120 Å². The lowest BCUT2D eigenvalue weighted by atomic mass is 10.2. The average molecular weight is 521 g/mol. The van der Waals surface area contributed by atoms with Gasteiger partial charge in [0.1, 0.15) is 16.3 Å². The molecule has 0 atom stereocenters. The zero-order chi connectivity index (χ0) is 25.3. The standard InChI is InChI=1S/C24H20N6O4S2/c1-29-24(31)20(23-27-26-22(35-23)17-6-4-3-5-7-17)21-25-14-18(15-30(21)29)28-36(32,33)13-12-16-8-10-19(34-2)11-9-16/h3-15,28H,1-2H3. The number of anilines is 1. The van der Waals surface area contributed by atoms with E-state index in [0.717, 1.165) is 11.0 Å². The Morgan fingerprint density at radius 2 is 1.75 bits per heavy atom. The summed E-state index contributed by atoms with van der Waals surface area (Å²) in [5.41, 5.74) is 2.10. The molecule has 0 spiro atoms. The number of benzene rings is 2. The van der Waals surface area contributed by atoms with Crippen LogP contribution in [0.4, 0.5) is 5.69 Å². The molecule has 3 heterocycles. The molecule has 0 aliphatic carbocycles. The van der Waals surface area contributed by atoms with Crippen LogP contribution in [-0.2, 0) is 17.1 Å². The molecule has 0 fully saturated rings. The predicted octanol–water partition coefficient (Wildman–Crippen LogP) is 3.64. The fraction of sp³-hybridized carbons (Fsp3) is 0.0833. The number of hydrogen-bond donors (Lipinski definition) is 1. The van der Waals surface area contributed by atoms with Crippen molar-refractivity contribution in [3.8, 4) is 26.9 Å². The summed E-state index contributed by atoms with van der Waals surface area (Å²) in [5, 5.41) is 10.6. The second kappa shape index (κ2) is 9.40. The summed E-state index contributed by atoms with van der Waals surface area (Å²) in [7, 11) is -0.706. The van der Waals surface area contributed by atoms with Gasteiger partial charge in [-0.2, -0.15) is 0 Å². The molecule has 0 saturated heterocycles. The molecule has 0 amide bonds. The van der Waals surface area contributed by atoms with Crippen molar-refractivity contribution in [3.05, 3.63) is 88.3 Å². The first-order valence-electron chi connectivity index (χ1n) is 10.7. The largest absolute Gasteiger partial charge is 0.497 e. The van der Waals surface area contributed by atoms with Gasteiger partial charge in [0, 0.05) is 12.6 Å². The summed E-state index contributed by atoms with van der Waals surface area (Å²) in [4.78, 5) is 17.4. The zero-order valence-corrected chi connectivity index (χ0v) is 20.8. The Labute approximate surface area is 210 Å². The molecule has 0 saturated carbocycles. The lowest BCUT2D eigenvalue weighted by Gasteiger charge is -2.06. The van der Waals surface area contributed by atoms with E-state index in [1.165, 1.54) is 39.0 Å². The van der Waals surface area contributed by atoms with Gasteiger partial charge < -0.3 is 4.74 Å². The molecule has 0 aliphatic heterocycles. The molecule has 36 heavy (non-hydrogen) atoms. The van der Waals surface area contributed by atoms with E-state index in [-0.39, 0.29) is 11.2 Å². The van der Waals surface area contributed by atoms with E-state index < -0.39 is 10.0 Å². The van der Waals surface area contributed by atoms with Crippen molar-refractivity contribution < 1.29 is 13.2 Å². The first-order valence-corrected chi connectivity index (χ1v) is 13.0. The minimum absolute atomic E-state index is 0.196. The maximum Gasteiger partial charge on any atom is 0.279 e. The van der Waals surface area contributed by atoms with Crippen molar-refractivity contribution in [2.24, 2.45) is 7.05 Å². The number of methoxy groups -OCH3 is 1. The van der Waals surface area contributed by atoms with Crippen LogP contribution >= 0.6 is 11.3 Å². The van der Waals surface area contributed by atoms with E-state index in [1.54, 1.807) is 38.4 Å². The number of aryl methyl sites for hydroxylation is 1. The Bertz CT molecular complexity index is 1740. The molecule has 5 aromatic rings.